The molecule has 40 heavy (non-hydrogen) atoms. The van der Waals surface area contributed by atoms with E-state index in [0.29, 0.717) is 28.9 Å². The minimum Gasteiger partial charge on any atom is -0.478 e. The molecule has 0 aliphatic rings. The van der Waals surface area contributed by atoms with Crippen molar-refractivity contribution in [3.05, 3.63) is 53.6 Å². The van der Waals surface area contributed by atoms with E-state index >= 15 is 0 Å². The molecule has 0 saturated carbocycles. The van der Waals surface area contributed by atoms with Gasteiger partial charge in [-0.1, -0.05) is 96.6 Å². The van der Waals surface area contributed by atoms with Crippen LogP contribution in [-0.4, -0.2) is 29.1 Å². The van der Waals surface area contributed by atoms with Crippen molar-refractivity contribution < 1.29 is 29.0 Å². The van der Waals surface area contributed by atoms with Crippen molar-refractivity contribution in [3.8, 4) is 16.9 Å². The topological polar surface area (TPSA) is 89.9 Å². The Labute approximate surface area is 240 Å². The lowest BCUT2D eigenvalue weighted by Crippen LogP contribution is -2.15. The number of hydrogen-bond acceptors (Lipinski definition) is 5. The van der Waals surface area contributed by atoms with Gasteiger partial charge in [-0.15, -0.1) is 0 Å². The summed E-state index contributed by atoms with van der Waals surface area (Å²) in [7, 11) is 0. The van der Waals surface area contributed by atoms with Gasteiger partial charge in [0.15, 0.2) is 0 Å². The number of aromatic carboxylic acids is 1. The average Bonchev–Trinajstić information content (AvgIpc) is 2.94. The van der Waals surface area contributed by atoms with Crippen molar-refractivity contribution in [2.75, 3.05) is 0 Å². The molecule has 0 fully saturated rings. The maximum absolute atomic E-state index is 12.6. The van der Waals surface area contributed by atoms with Gasteiger partial charge < -0.3 is 14.6 Å². The molecule has 0 aromatic heterocycles. The fourth-order valence-electron chi connectivity index (χ4n) is 4.73. The molecule has 0 amide bonds. The van der Waals surface area contributed by atoms with E-state index in [9.17, 15) is 19.5 Å². The van der Waals surface area contributed by atoms with Crippen molar-refractivity contribution in [2.45, 2.75) is 123 Å². The molecule has 6 heteroatoms. The summed E-state index contributed by atoms with van der Waals surface area (Å²) in [6, 6.07) is 11.2. The lowest BCUT2D eigenvalue weighted by Gasteiger charge is -2.14. The zero-order valence-electron chi connectivity index (χ0n) is 24.7. The number of hydrogen-bond donors (Lipinski definition) is 1. The van der Waals surface area contributed by atoms with Gasteiger partial charge >= 0.3 is 17.9 Å². The zero-order chi connectivity index (χ0) is 29.2. The summed E-state index contributed by atoms with van der Waals surface area (Å²) in [5.41, 5.74) is 1.53. The maximum Gasteiger partial charge on any atom is 0.338 e. The minimum atomic E-state index is -1.08. The van der Waals surface area contributed by atoms with Crippen LogP contribution in [0.25, 0.3) is 11.1 Å². The number of ether oxygens (including phenoxy) is 2. The molecular weight excluding hydrogens is 504 g/mol. The van der Waals surface area contributed by atoms with Crippen molar-refractivity contribution in [3.63, 3.8) is 0 Å². The summed E-state index contributed by atoms with van der Waals surface area (Å²) in [5, 5.41) is 9.71. The molecule has 2 aromatic carbocycles. The molecule has 0 saturated heterocycles. The predicted octanol–water partition coefficient (Wildman–Crippen LogP) is 9.39. The van der Waals surface area contributed by atoms with Crippen molar-refractivity contribution in [1.82, 2.24) is 0 Å². The van der Waals surface area contributed by atoms with Crippen LogP contribution in [-0.2, 0) is 9.53 Å². The second kappa shape index (κ2) is 19.0. The molecule has 220 valence electrons. The fraction of sp³-hybridized carbons (Fsp3) is 0.559. The Bertz CT molecular complexity index is 1040. The molecule has 2 rings (SSSR count). The first-order valence-electron chi connectivity index (χ1n) is 15.2. The largest absolute Gasteiger partial charge is 0.478 e. The molecule has 0 spiro atoms. The maximum atomic E-state index is 12.6. The third-order valence-electron chi connectivity index (χ3n) is 7.14. The molecule has 0 bridgehead atoms. The zero-order valence-corrected chi connectivity index (χ0v) is 24.7. The number of benzene rings is 2. The lowest BCUT2D eigenvalue weighted by atomic mass is 9.98. The van der Waals surface area contributed by atoms with E-state index in [1.165, 1.54) is 57.1 Å². The van der Waals surface area contributed by atoms with Crippen LogP contribution in [0, 0.1) is 0 Å². The first-order valence-corrected chi connectivity index (χ1v) is 15.2. The Balaban J connectivity index is 1.92. The summed E-state index contributed by atoms with van der Waals surface area (Å²) in [4.78, 5) is 36.8. The molecule has 0 radical (unpaired) electrons. The van der Waals surface area contributed by atoms with Crippen LogP contribution >= 0.6 is 0 Å². The highest BCUT2D eigenvalue weighted by Crippen LogP contribution is 2.29. The highest BCUT2D eigenvalue weighted by molar-refractivity contribution is 5.97. The standard InChI is InChI=1S/C34H48O6/c1-4-6-8-10-11-12-13-14-16-18-32(35)40-29-23-24-30(33(36)37)31(25-29)27-19-21-28(22-20-27)34(38)39-26(3)17-15-9-7-5-2/h19-26H,4-18H2,1-3H3,(H,36,37)/t26-/m1/s1. The van der Waals surface area contributed by atoms with Crippen molar-refractivity contribution >= 4 is 17.9 Å². The van der Waals surface area contributed by atoms with Gasteiger partial charge in [0.05, 0.1) is 17.2 Å². The average molecular weight is 553 g/mol. The summed E-state index contributed by atoms with van der Waals surface area (Å²) in [6.07, 6.45) is 16.0. The van der Waals surface area contributed by atoms with E-state index in [2.05, 4.69) is 13.8 Å². The van der Waals surface area contributed by atoms with Crippen LogP contribution in [0.15, 0.2) is 42.5 Å². The van der Waals surface area contributed by atoms with Gasteiger partial charge in [0.2, 0.25) is 0 Å². The third kappa shape index (κ3) is 12.4. The molecule has 1 N–H and O–H groups in total. The third-order valence-corrected chi connectivity index (χ3v) is 7.14. The molecule has 6 nitrogen and oxygen atoms in total. The number of unbranched alkanes of at least 4 members (excludes halogenated alkanes) is 11. The van der Waals surface area contributed by atoms with E-state index in [0.717, 1.165) is 44.9 Å². The van der Waals surface area contributed by atoms with Crippen LogP contribution in [0.4, 0.5) is 0 Å². The number of carbonyl (C=O) groups excluding carboxylic acids is 2. The van der Waals surface area contributed by atoms with E-state index < -0.39 is 11.9 Å². The van der Waals surface area contributed by atoms with Gasteiger partial charge in [-0.3, -0.25) is 4.79 Å². The van der Waals surface area contributed by atoms with Crippen molar-refractivity contribution in [2.24, 2.45) is 0 Å². The lowest BCUT2D eigenvalue weighted by molar-refractivity contribution is -0.134. The van der Waals surface area contributed by atoms with Gasteiger partial charge in [-0.25, -0.2) is 9.59 Å². The van der Waals surface area contributed by atoms with Gasteiger partial charge in [0, 0.05) is 6.42 Å². The molecule has 0 aliphatic carbocycles. The van der Waals surface area contributed by atoms with Gasteiger partial charge in [-0.05, 0) is 67.6 Å². The van der Waals surface area contributed by atoms with E-state index in [1.807, 2.05) is 6.92 Å². The summed E-state index contributed by atoms with van der Waals surface area (Å²) < 4.78 is 11.1. The number of carboxylic acids is 1. The number of carbonyl (C=O) groups is 3. The molecule has 1 atom stereocenters. The second-order valence-corrected chi connectivity index (χ2v) is 10.7. The van der Waals surface area contributed by atoms with E-state index in [1.54, 1.807) is 30.3 Å². The Morgan fingerprint density at radius 1 is 0.750 bits per heavy atom. The summed E-state index contributed by atoms with van der Waals surface area (Å²) in [5.74, 6) is -1.49. The highest BCUT2D eigenvalue weighted by Gasteiger charge is 2.17. The molecular formula is C34H48O6. The van der Waals surface area contributed by atoms with Gasteiger partial charge in [0.25, 0.3) is 0 Å². The van der Waals surface area contributed by atoms with Crippen molar-refractivity contribution in [1.29, 1.82) is 0 Å². The summed E-state index contributed by atoms with van der Waals surface area (Å²) >= 11 is 0. The SMILES string of the molecule is CCCCCCCCCCCC(=O)Oc1ccc(C(=O)O)c(-c2ccc(C(=O)O[C@H](C)CCCCCC)cc2)c1. The Morgan fingerprint density at radius 2 is 1.32 bits per heavy atom. The van der Waals surface area contributed by atoms with Crippen LogP contribution in [0.5, 0.6) is 5.75 Å². The quantitative estimate of drug-likeness (QED) is 0.0999. The second-order valence-electron chi connectivity index (χ2n) is 10.7. The predicted molar refractivity (Wildman–Crippen MR) is 160 cm³/mol. The van der Waals surface area contributed by atoms with Crippen LogP contribution in [0.3, 0.4) is 0 Å². The monoisotopic (exact) mass is 552 g/mol. The molecule has 0 aliphatic heterocycles. The van der Waals surface area contributed by atoms with Crippen LogP contribution in [0.1, 0.15) is 138 Å². The number of carboxylic acid groups (broad SMARTS) is 1. The fourth-order valence-corrected chi connectivity index (χ4v) is 4.73. The van der Waals surface area contributed by atoms with E-state index in [-0.39, 0.29) is 17.6 Å². The number of rotatable bonds is 20. The van der Waals surface area contributed by atoms with Crippen LogP contribution in [0.2, 0.25) is 0 Å². The molecule has 2 aromatic rings. The minimum absolute atomic E-state index is 0.0924. The Hall–Kier alpha value is -3.15. The molecule has 0 unspecified atom stereocenters. The Morgan fingerprint density at radius 3 is 1.93 bits per heavy atom. The smallest absolute Gasteiger partial charge is 0.338 e. The number of esters is 2. The molecule has 0 heterocycles. The first-order chi connectivity index (χ1) is 19.3. The Kier molecular flexibility index (Phi) is 15.7. The van der Waals surface area contributed by atoms with Crippen LogP contribution < -0.4 is 4.74 Å². The normalized spacial score (nSPS) is 11.7. The van der Waals surface area contributed by atoms with E-state index in [4.69, 9.17) is 9.47 Å². The van der Waals surface area contributed by atoms with Gasteiger partial charge in [0.1, 0.15) is 5.75 Å². The highest BCUT2D eigenvalue weighted by atomic mass is 16.5. The van der Waals surface area contributed by atoms with Gasteiger partial charge in [-0.2, -0.15) is 0 Å². The summed E-state index contributed by atoms with van der Waals surface area (Å²) in [6.45, 7) is 6.28. The first kappa shape index (κ1) is 33.1.